The second kappa shape index (κ2) is 5.96. The highest BCUT2D eigenvalue weighted by molar-refractivity contribution is 6.17. The maximum atomic E-state index is 12.7. The van der Waals surface area contributed by atoms with Crippen molar-refractivity contribution in [3.63, 3.8) is 0 Å². The van der Waals surface area contributed by atoms with Crippen LogP contribution in [-0.4, -0.2) is 29.8 Å². The van der Waals surface area contributed by atoms with E-state index < -0.39 is 5.41 Å². The second-order valence-corrected chi connectivity index (χ2v) is 6.25. The lowest BCUT2D eigenvalue weighted by Gasteiger charge is -2.29. The highest BCUT2D eigenvalue weighted by atomic mass is 35.5. The number of halogens is 1. The van der Waals surface area contributed by atoms with E-state index in [4.69, 9.17) is 11.6 Å². The summed E-state index contributed by atoms with van der Waals surface area (Å²) < 4.78 is 0. The molecule has 104 valence electrons. The summed E-state index contributed by atoms with van der Waals surface area (Å²) in [5.41, 5.74) is 0.637. The van der Waals surface area contributed by atoms with Crippen molar-refractivity contribution in [2.24, 2.45) is 5.92 Å². The van der Waals surface area contributed by atoms with Crippen LogP contribution >= 0.6 is 11.6 Å². The first-order chi connectivity index (χ1) is 9.05. The van der Waals surface area contributed by atoms with Crippen LogP contribution in [0.15, 0.2) is 30.3 Å². The van der Waals surface area contributed by atoms with Crippen LogP contribution in [0.25, 0.3) is 0 Å². The number of rotatable bonds is 4. The summed E-state index contributed by atoms with van der Waals surface area (Å²) in [6.45, 7) is 5.76. The molecule has 3 heteroatoms. The molecule has 1 heterocycles. The number of amides is 1. The van der Waals surface area contributed by atoms with Crippen LogP contribution < -0.4 is 0 Å². The van der Waals surface area contributed by atoms with Crippen molar-refractivity contribution in [2.45, 2.75) is 32.1 Å². The smallest absolute Gasteiger partial charge is 0.232 e. The van der Waals surface area contributed by atoms with Gasteiger partial charge in [0.25, 0.3) is 0 Å². The van der Waals surface area contributed by atoms with Gasteiger partial charge in [-0.05, 0) is 38.2 Å². The maximum Gasteiger partial charge on any atom is 0.232 e. The van der Waals surface area contributed by atoms with Gasteiger partial charge < -0.3 is 4.90 Å². The number of nitrogens with zero attached hydrogens (tertiary/aromatic N) is 1. The molecule has 1 aliphatic heterocycles. The van der Waals surface area contributed by atoms with Crippen LogP contribution in [0.4, 0.5) is 0 Å². The molecule has 1 aromatic carbocycles. The molecule has 2 rings (SSSR count). The molecular formula is C16H22ClNO. The molecule has 1 aliphatic rings. The van der Waals surface area contributed by atoms with Gasteiger partial charge in [0.05, 0.1) is 5.41 Å². The Morgan fingerprint density at radius 1 is 1.37 bits per heavy atom. The molecule has 0 saturated carbocycles. The molecule has 0 spiro atoms. The number of likely N-dealkylation sites (tertiary alicyclic amines) is 1. The highest BCUT2D eigenvalue weighted by Gasteiger charge is 2.36. The van der Waals surface area contributed by atoms with Gasteiger partial charge in [0.2, 0.25) is 5.91 Å². The van der Waals surface area contributed by atoms with Crippen LogP contribution in [0, 0.1) is 5.92 Å². The van der Waals surface area contributed by atoms with Crippen LogP contribution in [0.5, 0.6) is 0 Å². The normalized spacial score (nSPS) is 19.7. The third kappa shape index (κ3) is 3.11. The Hall–Kier alpha value is -1.02. The summed E-state index contributed by atoms with van der Waals surface area (Å²) in [5, 5.41) is 0. The number of hydrogen-bond donors (Lipinski definition) is 0. The molecule has 1 saturated heterocycles. The zero-order chi connectivity index (χ0) is 13.9. The van der Waals surface area contributed by atoms with E-state index in [1.807, 2.05) is 49.1 Å². The number of alkyl halides is 1. The molecule has 2 nitrogen and oxygen atoms in total. The van der Waals surface area contributed by atoms with Gasteiger partial charge in [-0.2, -0.15) is 0 Å². The van der Waals surface area contributed by atoms with Crippen LogP contribution in [0.2, 0.25) is 0 Å². The van der Waals surface area contributed by atoms with Crippen LogP contribution in [0.1, 0.15) is 32.3 Å². The lowest BCUT2D eigenvalue weighted by molar-refractivity contribution is -0.135. The molecule has 1 unspecified atom stereocenters. The summed E-state index contributed by atoms with van der Waals surface area (Å²) >= 11 is 5.79. The van der Waals surface area contributed by atoms with Gasteiger partial charge in [-0.3, -0.25) is 4.79 Å². The molecule has 0 radical (unpaired) electrons. The van der Waals surface area contributed by atoms with Crippen LogP contribution in [-0.2, 0) is 10.2 Å². The molecule has 19 heavy (non-hydrogen) atoms. The summed E-state index contributed by atoms with van der Waals surface area (Å²) in [4.78, 5) is 14.7. The molecule has 1 fully saturated rings. The van der Waals surface area contributed by atoms with E-state index in [9.17, 15) is 4.79 Å². The molecule has 1 atom stereocenters. The minimum absolute atomic E-state index is 0.232. The average molecular weight is 280 g/mol. The van der Waals surface area contributed by atoms with Crippen molar-refractivity contribution < 1.29 is 4.79 Å². The first kappa shape index (κ1) is 14.4. The number of carbonyl (C=O) groups is 1. The quantitative estimate of drug-likeness (QED) is 0.773. The van der Waals surface area contributed by atoms with E-state index in [1.165, 1.54) is 0 Å². The molecule has 0 aromatic heterocycles. The van der Waals surface area contributed by atoms with E-state index in [2.05, 4.69) is 0 Å². The van der Waals surface area contributed by atoms with E-state index in [-0.39, 0.29) is 5.91 Å². The van der Waals surface area contributed by atoms with Crippen molar-refractivity contribution in [1.82, 2.24) is 4.90 Å². The predicted molar refractivity (Wildman–Crippen MR) is 79.5 cm³/mol. The van der Waals surface area contributed by atoms with Crippen LogP contribution in [0.3, 0.4) is 0 Å². The van der Waals surface area contributed by atoms with Gasteiger partial charge in [0, 0.05) is 19.0 Å². The molecule has 0 N–H and O–H groups in total. The molecule has 0 aliphatic carbocycles. The number of carbonyl (C=O) groups excluding carboxylic acids is 1. The molecule has 1 aromatic rings. The van der Waals surface area contributed by atoms with Gasteiger partial charge >= 0.3 is 0 Å². The standard InChI is InChI=1S/C16H22ClNO/c1-16(2,14-6-4-3-5-7-14)15(19)18-11-9-13(12-18)8-10-17/h3-7,13H,8-12H2,1-2H3. The Kier molecular flexibility index (Phi) is 4.51. The highest BCUT2D eigenvalue weighted by Crippen LogP contribution is 2.29. The first-order valence-corrected chi connectivity index (χ1v) is 7.50. The zero-order valence-electron chi connectivity index (χ0n) is 11.7. The lowest BCUT2D eigenvalue weighted by Crippen LogP contribution is -2.42. The van der Waals surface area contributed by atoms with Crippen molar-refractivity contribution in [3.05, 3.63) is 35.9 Å². The fourth-order valence-corrected chi connectivity index (χ4v) is 3.09. The summed E-state index contributed by atoms with van der Waals surface area (Å²) in [5.74, 6) is 1.50. The number of benzene rings is 1. The van der Waals surface area contributed by atoms with Gasteiger partial charge in [-0.1, -0.05) is 30.3 Å². The second-order valence-electron chi connectivity index (χ2n) is 5.87. The van der Waals surface area contributed by atoms with E-state index in [0.717, 1.165) is 31.5 Å². The Bertz CT molecular complexity index is 430. The largest absolute Gasteiger partial charge is 0.342 e. The SMILES string of the molecule is CC(C)(C(=O)N1CCC(CCCl)C1)c1ccccc1. The average Bonchev–Trinajstić information content (AvgIpc) is 2.88. The Morgan fingerprint density at radius 3 is 2.68 bits per heavy atom. The lowest BCUT2D eigenvalue weighted by atomic mass is 9.83. The number of hydrogen-bond acceptors (Lipinski definition) is 1. The van der Waals surface area contributed by atoms with Crippen molar-refractivity contribution in [1.29, 1.82) is 0 Å². The van der Waals surface area contributed by atoms with Crippen molar-refractivity contribution in [2.75, 3.05) is 19.0 Å². The Morgan fingerprint density at radius 2 is 2.05 bits per heavy atom. The van der Waals surface area contributed by atoms with Gasteiger partial charge in [-0.25, -0.2) is 0 Å². The molecule has 0 bridgehead atoms. The Labute approximate surface area is 120 Å². The summed E-state index contributed by atoms with van der Waals surface area (Å²) in [6, 6.07) is 10.0. The minimum Gasteiger partial charge on any atom is -0.342 e. The maximum absolute atomic E-state index is 12.7. The van der Waals surface area contributed by atoms with E-state index in [1.54, 1.807) is 0 Å². The fraction of sp³-hybridized carbons (Fsp3) is 0.562. The van der Waals surface area contributed by atoms with Gasteiger partial charge in [0.1, 0.15) is 0 Å². The van der Waals surface area contributed by atoms with Crippen molar-refractivity contribution >= 4 is 17.5 Å². The van der Waals surface area contributed by atoms with Gasteiger partial charge in [0.15, 0.2) is 0 Å². The van der Waals surface area contributed by atoms with E-state index in [0.29, 0.717) is 11.8 Å². The monoisotopic (exact) mass is 279 g/mol. The topological polar surface area (TPSA) is 20.3 Å². The third-order valence-corrected chi connectivity index (χ3v) is 4.34. The molecular weight excluding hydrogens is 258 g/mol. The summed E-state index contributed by atoms with van der Waals surface area (Å²) in [6.07, 6.45) is 2.10. The fourth-order valence-electron chi connectivity index (χ4n) is 2.78. The van der Waals surface area contributed by atoms with Gasteiger partial charge in [-0.15, -0.1) is 11.6 Å². The molecule has 1 amide bonds. The predicted octanol–water partition coefficient (Wildman–Crippen LogP) is 3.44. The first-order valence-electron chi connectivity index (χ1n) is 6.96. The third-order valence-electron chi connectivity index (χ3n) is 4.12. The minimum atomic E-state index is -0.447. The van der Waals surface area contributed by atoms with E-state index >= 15 is 0 Å². The Balaban J connectivity index is 2.07. The van der Waals surface area contributed by atoms with Crippen molar-refractivity contribution in [3.8, 4) is 0 Å². The summed E-state index contributed by atoms with van der Waals surface area (Å²) in [7, 11) is 0. The zero-order valence-corrected chi connectivity index (χ0v) is 12.5.